The number of hydrogen-bond acceptors (Lipinski definition) is 2. The summed E-state index contributed by atoms with van der Waals surface area (Å²) in [5.74, 6) is 1.38. The number of nitrogens with two attached hydrogens (primary N) is 1. The average Bonchev–Trinajstić information content (AvgIpc) is 2.49. The number of guanidine groups is 1. The van der Waals surface area contributed by atoms with E-state index in [4.69, 9.17) is 5.73 Å². The van der Waals surface area contributed by atoms with Gasteiger partial charge in [0, 0.05) is 6.04 Å². The maximum absolute atomic E-state index is 5.97. The number of benzene rings is 1. The van der Waals surface area contributed by atoms with Crippen LogP contribution in [0, 0.1) is 5.92 Å². The molecule has 1 aliphatic heterocycles. The van der Waals surface area contributed by atoms with Crippen LogP contribution in [0.5, 0.6) is 0 Å². The zero-order valence-corrected chi connectivity index (χ0v) is 14.1. The van der Waals surface area contributed by atoms with E-state index in [-0.39, 0.29) is 0 Å². The fourth-order valence-corrected chi connectivity index (χ4v) is 2.97. The highest BCUT2D eigenvalue weighted by atomic mass is 15.2. The number of nitrogens with one attached hydrogen (secondary N) is 1. The van der Waals surface area contributed by atoms with E-state index in [9.17, 15) is 0 Å². The minimum atomic E-state index is 0.315. The largest absolute Gasteiger partial charge is 0.370 e. The van der Waals surface area contributed by atoms with Crippen LogP contribution in [0.4, 0.5) is 0 Å². The zero-order chi connectivity index (χ0) is 15.9. The molecule has 4 heteroatoms. The van der Waals surface area contributed by atoms with Gasteiger partial charge in [0.2, 0.25) is 0 Å². The molecule has 0 bridgehead atoms. The molecule has 3 N–H and O–H groups in total. The number of hydrogen-bond donors (Lipinski definition) is 2. The third-order valence-electron chi connectivity index (χ3n) is 4.31. The SMILES string of the molecule is CC1CCN(C(CN=C(N)NC(C)C)c2ccccc2)CC1. The Morgan fingerprint density at radius 3 is 2.50 bits per heavy atom. The van der Waals surface area contributed by atoms with E-state index in [2.05, 4.69) is 66.3 Å². The van der Waals surface area contributed by atoms with E-state index in [1.807, 2.05) is 0 Å². The predicted molar refractivity (Wildman–Crippen MR) is 93.9 cm³/mol. The van der Waals surface area contributed by atoms with Gasteiger partial charge in [0.15, 0.2) is 5.96 Å². The van der Waals surface area contributed by atoms with Gasteiger partial charge in [-0.25, -0.2) is 0 Å². The molecule has 1 aliphatic rings. The first-order valence-corrected chi connectivity index (χ1v) is 8.41. The Morgan fingerprint density at radius 2 is 1.91 bits per heavy atom. The molecule has 2 rings (SSSR count). The third-order valence-corrected chi connectivity index (χ3v) is 4.31. The molecule has 0 amide bonds. The number of likely N-dealkylation sites (tertiary alicyclic amines) is 1. The molecular weight excluding hydrogens is 272 g/mol. The summed E-state index contributed by atoms with van der Waals surface area (Å²) in [6, 6.07) is 11.3. The van der Waals surface area contributed by atoms with Gasteiger partial charge < -0.3 is 11.1 Å². The molecule has 1 aromatic rings. The highest BCUT2D eigenvalue weighted by Gasteiger charge is 2.24. The van der Waals surface area contributed by atoms with Crippen LogP contribution in [0.3, 0.4) is 0 Å². The quantitative estimate of drug-likeness (QED) is 0.649. The standard InChI is InChI=1S/C18H30N4/c1-14(2)21-18(19)20-13-17(16-7-5-4-6-8-16)22-11-9-15(3)10-12-22/h4-8,14-15,17H,9-13H2,1-3H3,(H3,19,20,21). The van der Waals surface area contributed by atoms with Crippen molar-refractivity contribution in [3.8, 4) is 0 Å². The van der Waals surface area contributed by atoms with Gasteiger partial charge >= 0.3 is 0 Å². The van der Waals surface area contributed by atoms with Crippen molar-refractivity contribution in [2.45, 2.75) is 45.7 Å². The van der Waals surface area contributed by atoms with Gasteiger partial charge in [0.25, 0.3) is 0 Å². The molecule has 1 heterocycles. The Bertz CT molecular complexity index is 461. The fraction of sp³-hybridized carbons (Fsp3) is 0.611. The Morgan fingerprint density at radius 1 is 1.27 bits per heavy atom. The Labute approximate surface area is 134 Å². The molecule has 1 aromatic carbocycles. The minimum Gasteiger partial charge on any atom is -0.370 e. The molecule has 1 fully saturated rings. The number of aliphatic imine (C=N–C) groups is 1. The summed E-state index contributed by atoms with van der Waals surface area (Å²) in [5, 5.41) is 3.17. The molecule has 22 heavy (non-hydrogen) atoms. The second kappa shape index (κ2) is 8.18. The van der Waals surface area contributed by atoms with Gasteiger partial charge in [-0.3, -0.25) is 9.89 Å². The molecule has 1 unspecified atom stereocenters. The molecule has 0 aliphatic carbocycles. The molecule has 0 saturated carbocycles. The van der Waals surface area contributed by atoms with Gasteiger partial charge in [-0.1, -0.05) is 37.3 Å². The fourth-order valence-electron chi connectivity index (χ4n) is 2.97. The highest BCUT2D eigenvalue weighted by molar-refractivity contribution is 5.78. The minimum absolute atomic E-state index is 0.315. The highest BCUT2D eigenvalue weighted by Crippen LogP contribution is 2.26. The lowest BCUT2D eigenvalue weighted by Gasteiger charge is -2.36. The Kier molecular flexibility index (Phi) is 6.25. The van der Waals surface area contributed by atoms with E-state index in [1.165, 1.54) is 18.4 Å². The molecule has 0 radical (unpaired) electrons. The first-order valence-electron chi connectivity index (χ1n) is 8.41. The van der Waals surface area contributed by atoms with Crippen LogP contribution in [0.2, 0.25) is 0 Å². The van der Waals surface area contributed by atoms with Crippen LogP contribution in [0.1, 0.15) is 45.2 Å². The van der Waals surface area contributed by atoms with Gasteiger partial charge in [-0.05, 0) is 51.3 Å². The average molecular weight is 302 g/mol. The van der Waals surface area contributed by atoms with Gasteiger partial charge in [-0.2, -0.15) is 0 Å². The summed E-state index contributed by atoms with van der Waals surface area (Å²) in [6.07, 6.45) is 2.54. The number of piperidine rings is 1. The normalized spacial score (nSPS) is 19.4. The lowest BCUT2D eigenvalue weighted by molar-refractivity contribution is 0.141. The van der Waals surface area contributed by atoms with Gasteiger partial charge in [-0.15, -0.1) is 0 Å². The molecule has 0 aromatic heterocycles. The molecule has 0 spiro atoms. The monoisotopic (exact) mass is 302 g/mol. The second-order valence-corrected chi connectivity index (χ2v) is 6.67. The summed E-state index contributed by atoms with van der Waals surface area (Å²) >= 11 is 0. The maximum Gasteiger partial charge on any atom is 0.188 e. The van der Waals surface area contributed by atoms with Crippen molar-refractivity contribution in [2.24, 2.45) is 16.6 Å². The topological polar surface area (TPSA) is 53.6 Å². The second-order valence-electron chi connectivity index (χ2n) is 6.67. The van der Waals surface area contributed by atoms with E-state index < -0.39 is 0 Å². The van der Waals surface area contributed by atoms with Crippen molar-refractivity contribution < 1.29 is 0 Å². The van der Waals surface area contributed by atoms with Crippen LogP contribution in [0.25, 0.3) is 0 Å². The van der Waals surface area contributed by atoms with Gasteiger partial charge in [0.1, 0.15) is 0 Å². The predicted octanol–water partition coefficient (Wildman–Crippen LogP) is 2.77. The summed E-state index contributed by atoms with van der Waals surface area (Å²) in [7, 11) is 0. The van der Waals surface area contributed by atoms with Gasteiger partial charge in [0.05, 0.1) is 12.6 Å². The lowest BCUT2D eigenvalue weighted by atomic mass is 9.96. The number of nitrogens with zero attached hydrogens (tertiary/aromatic N) is 2. The zero-order valence-electron chi connectivity index (χ0n) is 14.1. The molecule has 1 saturated heterocycles. The molecule has 122 valence electrons. The van der Waals surface area contributed by atoms with E-state index >= 15 is 0 Å². The Hall–Kier alpha value is -1.55. The third kappa shape index (κ3) is 5.02. The molecule has 1 atom stereocenters. The summed E-state index contributed by atoms with van der Waals surface area (Å²) in [4.78, 5) is 7.13. The molecule has 4 nitrogen and oxygen atoms in total. The molecular formula is C18H30N4. The first kappa shape index (κ1) is 16.8. The van der Waals surface area contributed by atoms with Crippen LogP contribution in [-0.4, -0.2) is 36.5 Å². The van der Waals surface area contributed by atoms with E-state index in [0.29, 0.717) is 24.6 Å². The first-order chi connectivity index (χ1) is 10.6. The van der Waals surface area contributed by atoms with Crippen molar-refractivity contribution in [3.05, 3.63) is 35.9 Å². The van der Waals surface area contributed by atoms with Crippen molar-refractivity contribution in [1.29, 1.82) is 0 Å². The van der Waals surface area contributed by atoms with Crippen LogP contribution in [-0.2, 0) is 0 Å². The summed E-state index contributed by atoms with van der Waals surface area (Å²) in [6.45, 7) is 9.50. The summed E-state index contributed by atoms with van der Waals surface area (Å²) < 4.78 is 0. The van der Waals surface area contributed by atoms with Crippen LogP contribution >= 0.6 is 0 Å². The lowest BCUT2D eigenvalue weighted by Crippen LogP contribution is -2.40. The van der Waals surface area contributed by atoms with E-state index in [0.717, 1.165) is 19.0 Å². The van der Waals surface area contributed by atoms with Crippen molar-refractivity contribution in [3.63, 3.8) is 0 Å². The summed E-state index contributed by atoms with van der Waals surface area (Å²) in [5.41, 5.74) is 7.30. The van der Waals surface area contributed by atoms with Crippen LogP contribution in [0.15, 0.2) is 35.3 Å². The van der Waals surface area contributed by atoms with E-state index in [1.54, 1.807) is 0 Å². The van der Waals surface area contributed by atoms with Crippen molar-refractivity contribution in [1.82, 2.24) is 10.2 Å². The van der Waals surface area contributed by atoms with Crippen LogP contribution < -0.4 is 11.1 Å². The van der Waals surface area contributed by atoms with Crippen molar-refractivity contribution in [2.75, 3.05) is 19.6 Å². The number of rotatable bonds is 5. The van der Waals surface area contributed by atoms with Crippen molar-refractivity contribution >= 4 is 5.96 Å². The smallest absolute Gasteiger partial charge is 0.188 e. The Balaban J connectivity index is 2.08. The maximum atomic E-state index is 5.97.